The van der Waals surface area contributed by atoms with E-state index in [9.17, 15) is 9.59 Å². The van der Waals surface area contributed by atoms with Crippen molar-refractivity contribution in [2.75, 3.05) is 44.4 Å². The van der Waals surface area contributed by atoms with Crippen LogP contribution in [0, 0.1) is 17.8 Å². The maximum Gasteiger partial charge on any atom is 0.233 e. The van der Waals surface area contributed by atoms with Crippen LogP contribution in [0.15, 0.2) is 30.5 Å². The first-order chi connectivity index (χ1) is 17.9. The molecule has 1 saturated carbocycles. The fourth-order valence-corrected chi connectivity index (χ4v) is 5.87. The molecule has 0 spiro atoms. The Balaban J connectivity index is 1.35. The highest BCUT2D eigenvalue weighted by molar-refractivity contribution is 6.32. The number of carbonyl (C=O) groups excluding carboxylic acids is 2. The zero-order valence-corrected chi connectivity index (χ0v) is 21.7. The van der Waals surface area contributed by atoms with Gasteiger partial charge in [-0.25, -0.2) is 4.98 Å². The van der Waals surface area contributed by atoms with Crippen molar-refractivity contribution in [1.82, 2.24) is 20.2 Å². The lowest BCUT2D eigenvalue weighted by Gasteiger charge is -2.27. The molecule has 37 heavy (non-hydrogen) atoms. The van der Waals surface area contributed by atoms with Gasteiger partial charge in [0, 0.05) is 26.2 Å². The number of methoxy groups -OCH3 is 1. The number of allylic oxidation sites excluding steroid dienone is 1. The molecule has 11 heteroatoms. The number of ether oxygens (including phenoxy) is 1. The van der Waals surface area contributed by atoms with Gasteiger partial charge in [0.15, 0.2) is 5.82 Å². The van der Waals surface area contributed by atoms with Crippen molar-refractivity contribution in [2.45, 2.75) is 25.3 Å². The predicted molar refractivity (Wildman–Crippen MR) is 142 cm³/mol. The molecule has 2 aromatic rings. The molecule has 2 amide bonds. The Morgan fingerprint density at radius 3 is 2.62 bits per heavy atom. The maximum absolute atomic E-state index is 12.1. The molecule has 2 heterocycles. The van der Waals surface area contributed by atoms with Crippen molar-refractivity contribution in [3.8, 4) is 5.75 Å². The number of fused-ring (bicyclic) bond motifs is 3. The summed E-state index contributed by atoms with van der Waals surface area (Å²) in [6.07, 6.45) is 8.28. The summed E-state index contributed by atoms with van der Waals surface area (Å²) in [4.78, 5) is 35.1. The van der Waals surface area contributed by atoms with Gasteiger partial charge in [0.05, 0.1) is 31.5 Å². The number of halogens is 1. The van der Waals surface area contributed by atoms with Crippen LogP contribution in [-0.4, -0.2) is 66.5 Å². The van der Waals surface area contributed by atoms with Crippen LogP contribution in [0.1, 0.15) is 17.5 Å². The number of amides is 2. The van der Waals surface area contributed by atoms with Crippen LogP contribution in [0.5, 0.6) is 5.75 Å². The molecule has 1 fully saturated rings. The molecule has 2 aliphatic carbocycles. The molecule has 0 radical (unpaired) electrons. The van der Waals surface area contributed by atoms with Crippen molar-refractivity contribution in [2.24, 2.45) is 23.5 Å². The summed E-state index contributed by atoms with van der Waals surface area (Å²) >= 11 is 6.43. The third-order valence-electron chi connectivity index (χ3n) is 7.64. The first-order valence-electron chi connectivity index (χ1n) is 12.5. The summed E-state index contributed by atoms with van der Waals surface area (Å²) in [5.74, 6) is 1.24. The van der Waals surface area contributed by atoms with Crippen molar-refractivity contribution < 1.29 is 14.3 Å². The van der Waals surface area contributed by atoms with Gasteiger partial charge in [-0.05, 0) is 54.4 Å². The average Bonchev–Trinajstić information content (AvgIpc) is 3.44. The molecule has 0 unspecified atom stereocenters. The zero-order chi connectivity index (χ0) is 26.1. The Kier molecular flexibility index (Phi) is 7.21. The van der Waals surface area contributed by atoms with Gasteiger partial charge in [0.25, 0.3) is 0 Å². The number of nitrogens with zero attached hydrogens (tertiary/aromatic N) is 3. The second-order valence-corrected chi connectivity index (χ2v) is 10.2. The SMILES string of the molecule is CNC(=O)CN1CCc2cc(Nc3ncc(Cl)c(N[C@H]4[C@@H](C(N)=O)[C@@H]5C=C[C@H]4C5)n3)c(OC)cc2CC1. The minimum atomic E-state index is -0.318. The molecular formula is C26H32ClN7O3. The number of aromatic nitrogens is 2. The second-order valence-electron chi connectivity index (χ2n) is 9.83. The Hall–Kier alpha value is -3.37. The third kappa shape index (κ3) is 5.21. The van der Waals surface area contributed by atoms with Gasteiger partial charge < -0.3 is 26.4 Å². The first kappa shape index (κ1) is 25.3. The number of hydrogen-bond donors (Lipinski definition) is 4. The minimum absolute atomic E-state index is 0.0128. The lowest BCUT2D eigenvalue weighted by atomic mass is 9.88. The average molecular weight is 526 g/mol. The van der Waals surface area contributed by atoms with Crippen LogP contribution in [0.25, 0.3) is 0 Å². The Morgan fingerprint density at radius 2 is 1.92 bits per heavy atom. The quantitative estimate of drug-likeness (QED) is 0.385. The van der Waals surface area contributed by atoms with Crippen LogP contribution in [-0.2, 0) is 22.4 Å². The molecule has 2 bridgehead atoms. The van der Waals surface area contributed by atoms with E-state index in [2.05, 4.69) is 49.0 Å². The summed E-state index contributed by atoms with van der Waals surface area (Å²) < 4.78 is 5.67. The molecule has 1 aromatic heterocycles. The van der Waals surface area contributed by atoms with Gasteiger partial charge in [-0.1, -0.05) is 23.8 Å². The molecule has 0 saturated heterocycles. The summed E-state index contributed by atoms with van der Waals surface area (Å²) in [5, 5.41) is 9.70. The molecule has 5 N–H and O–H groups in total. The number of carbonyl (C=O) groups is 2. The number of likely N-dealkylation sites (N-methyl/N-ethyl adjacent to an activating group) is 1. The van der Waals surface area contributed by atoms with Gasteiger partial charge in [-0.3, -0.25) is 14.5 Å². The van der Waals surface area contributed by atoms with Crippen molar-refractivity contribution in [3.63, 3.8) is 0 Å². The van der Waals surface area contributed by atoms with Crippen LogP contribution < -0.4 is 26.4 Å². The fourth-order valence-electron chi connectivity index (χ4n) is 5.72. The van der Waals surface area contributed by atoms with E-state index in [-0.39, 0.29) is 35.6 Å². The van der Waals surface area contributed by atoms with E-state index in [1.807, 2.05) is 6.07 Å². The van der Waals surface area contributed by atoms with Crippen molar-refractivity contribution in [1.29, 1.82) is 0 Å². The van der Waals surface area contributed by atoms with Crippen LogP contribution in [0.2, 0.25) is 5.02 Å². The molecule has 1 aliphatic heterocycles. The molecule has 10 nitrogen and oxygen atoms in total. The van der Waals surface area contributed by atoms with Gasteiger partial charge in [0.1, 0.15) is 10.8 Å². The monoisotopic (exact) mass is 525 g/mol. The maximum atomic E-state index is 12.1. The number of primary amides is 1. The largest absolute Gasteiger partial charge is 0.495 e. The Bertz CT molecular complexity index is 1240. The van der Waals surface area contributed by atoms with Gasteiger partial charge in [-0.15, -0.1) is 0 Å². The number of benzene rings is 1. The highest BCUT2D eigenvalue weighted by atomic mass is 35.5. The number of nitrogens with one attached hydrogen (secondary N) is 3. The highest BCUT2D eigenvalue weighted by Crippen LogP contribution is 2.45. The second kappa shape index (κ2) is 10.5. The van der Waals surface area contributed by atoms with Crippen molar-refractivity contribution in [3.05, 3.63) is 46.6 Å². The smallest absolute Gasteiger partial charge is 0.233 e. The predicted octanol–water partition coefficient (Wildman–Crippen LogP) is 2.12. The van der Waals surface area contributed by atoms with E-state index in [0.717, 1.165) is 38.0 Å². The molecule has 196 valence electrons. The first-order valence-corrected chi connectivity index (χ1v) is 12.9. The topological polar surface area (TPSA) is 134 Å². The van der Waals surface area contributed by atoms with Gasteiger partial charge in [0.2, 0.25) is 17.8 Å². The lowest BCUT2D eigenvalue weighted by Crippen LogP contribution is -2.41. The van der Waals surface area contributed by atoms with Gasteiger partial charge in [-0.2, -0.15) is 4.98 Å². The highest BCUT2D eigenvalue weighted by Gasteiger charge is 2.47. The van der Waals surface area contributed by atoms with Crippen LogP contribution >= 0.6 is 11.6 Å². The molecular weight excluding hydrogens is 494 g/mol. The summed E-state index contributed by atoms with van der Waals surface area (Å²) in [6.45, 7) is 1.98. The van der Waals surface area contributed by atoms with Crippen LogP contribution in [0.3, 0.4) is 0 Å². The van der Waals surface area contributed by atoms with E-state index < -0.39 is 0 Å². The molecule has 1 aromatic carbocycles. The van der Waals surface area contributed by atoms with E-state index >= 15 is 0 Å². The van der Waals surface area contributed by atoms with Crippen molar-refractivity contribution >= 4 is 40.9 Å². The Morgan fingerprint density at radius 1 is 1.19 bits per heavy atom. The number of anilines is 3. The normalized spacial score (nSPS) is 24.3. The minimum Gasteiger partial charge on any atom is -0.495 e. The molecule has 3 aliphatic rings. The van der Waals surface area contributed by atoms with E-state index in [1.165, 1.54) is 17.3 Å². The summed E-state index contributed by atoms with van der Waals surface area (Å²) in [5.41, 5.74) is 8.84. The number of hydrogen-bond acceptors (Lipinski definition) is 8. The lowest BCUT2D eigenvalue weighted by molar-refractivity contribution is -0.123. The van der Waals surface area contributed by atoms with Gasteiger partial charge >= 0.3 is 0 Å². The van der Waals surface area contributed by atoms with E-state index in [0.29, 0.717) is 29.1 Å². The molecule has 4 atom stereocenters. The van der Waals surface area contributed by atoms with Crippen LogP contribution in [0.4, 0.5) is 17.5 Å². The summed E-state index contributed by atoms with van der Waals surface area (Å²) in [6, 6.07) is 3.94. The zero-order valence-electron chi connectivity index (χ0n) is 21.0. The van der Waals surface area contributed by atoms with E-state index in [1.54, 1.807) is 14.2 Å². The summed E-state index contributed by atoms with van der Waals surface area (Å²) in [7, 11) is 3.28. The standard InChI is InChI=1S/C26H32ClN7O3/c1-29-21(35)13-34-7-5-14-10-19(20(37-2)11-15(14)6-8-34)31-26-30-12-18(27)25(33-26)32-23-17-4-3-16(9-17)22(23)24(28)36/h3-4,10-12,16-17,22-23H,5-9,13H2,1-2H3,(H2,28,36)(H,29,35)(H2,30,31,32,33)/t16-,17+,22+,23-/m1/s1. The Labute approximate surface area is 221 Å². The number of rotatable bonds is 8. The third-order valence-corrected chi connectivity index (χ3v) is 7.92. The fraction of sp³-hybridized carbons (Fsp3) is 0.462. The number of nitrogens with two attached hydrogens (primary N) is 1. The molecule has 5 rings (SSSR count). The van der Waals surface area contributed by atoms with E-state index in [4.69, 9.17) is 22.1 Å².